The molecular formula is C8H12N4O2. The predicted molar refractivity (Wildman–Crippen MR) is 48.8 cm³/mol. The summed E-state index contributed by atoms with van der Waals surface area (Å²) in [7, 11) is 0. The number of aryl methyl sites for hydroxylation is 1. The highest BCUT2D eigenvalue weighted by molar-refractivity contribution is 5.87. The molecule has 0 saturated heterocycles. The van der Waals surface area contributed by atoms with Crippen LogP contribution in [0.2, 0.25) is 0 Å². The fourth-order valence-corrected chi connectivity index (χ4v) is 1.22. The van der Waals surface area contributed by atoms with E-state index in [1.54, 1.807) is 6.92 Å². The maximum atomic E-state index is 11.3. The normalized spacial score (nSPS) is 16.1. The van der Waals surface area contributed by atoms with E-state index < -0.39 is 0 Å². The lowest BCUT2D eigenvalue weighted by Gasteiger charge is -2.25. The van der Waals surface area contributed by atoms with Crippen LogP contribution in [-0.2, 0) is 0 Å². The highest BCUT2D eigenvalue weighted by Crippen LogP contribution is 2.17. The molecule has 0 bridgehead atoms. The van der Waals surface area contributed by atoms with E-state index in [1.165, 1.54) is 6.42 Å². The van der Waals surface area contributed by atoms with Gasteiger partial charge in [-0.15, -0.1) is 5.10 Å². The largest absolute Gasteiger partial charge is 0.408 e. The molecule has 0 unspecified atom stereocenters. The molecule has 1 fully saturated rings. The van der Waals surface area contributed by atoms with Gasteiger partial charge in [-0.2, -0.15) is 0 Å². The Hall–Kier alpha value is -1.59. The molecule has 1 aliphatic rings. The Morgan fingerprint density at radius 1 is 1.50 bits per heavy atom. The van der Waals surface area contributed by atoms with Gasteiger partial charge in [0.15, 0.2) is 0 Å². The topological polar surface area (TPSA) is 80.0 Å². The minimum Gasteiger partial charge on any atom is -0.408 e. The van der Waals surface area contributed by atoms with Crippen molar-refractivity contribution in [3.8, 4) is 0 Å². The zero-order chi connectivity index (χ0) is 9.97. The third-order valence-electron chi connectivity index (χ3n) is 2.19. The first-order chi connectivity index (χ1) is 6.74. The van der Waals surface area contributed by atoms with Crippen molar-refractivity contribution in [2.45, 2.75) is 32.2 Å². The molecule has 2 N–H and O–H groups in total. The van der Waals surface area contributed by atoms with Crippen molar-refractivity contribution in [1.82, 2.24) is 15.5 Å². The van der Waals surface area contributed by atoms with Gasteiger partial charge in [0.2, 0.25) is 5.89 Å². The van der Waals surface area contributed by atoms with E-state index in [9.17, 15) is 4.79 Å². The molecule has 0 aliphatic heterocycles. The maximum absolute atomic E-state index is 11.3. The van der Waals surface area contributed by atoms with Crippen molar-refractivity contribution in [3.05, 3.63) is 5.89 Å². The van der Waals surface area contributed by atoms with Gasteiger partial charge < -0.3 is 9.73 Å². The van der Waals surface area contributed by atoms with Crippen LogP contribution in [0.15, 0.2) is 4.42 Å². The van der Waals surface area contributed by atoms with Crippen LogP contribution in [-0.4, -0.2) is 22.3 Å². The quantitative estimate of drug-likeness (QED) is 0.740. The van der Waals surface area contributed by atoms with Gasteiger partial charge >= 0.3 is 12.0 Å². The van der Waals surface area contributed by atoms with Crippen molar-refractivity contribution in [3.63, 3.8) is 0 Å². The summed E-state index contributed by atoms with van der Waals surface area (Å²) in [5.41, 5.74) is 0. The number of hydrogen-bond acceptors (Lipinski definition) is 4. The van der Waals surface area contributed by atoms with Crippen LogP contribution in [0.5, 0.6) is 0 Å². The van der Waals surface area contributed by atoms with E-state index in [4.69, 9.17) is 4.42 Å². The van der Waals surface area contributed by atoms with E-state index >= 15 is 0 Å². The van der Waals surface area contributed by atoms with Crippen molar-refractivity contribution >= 4 is 12.0 Å². The minimum absolute atomic E-state index is 0.138. The molecule has 1 aromatic heterocycles. The van der Waals surface area contributed by atoms with Crippen LogP contribution in [0.4, 0.5) is 10.8 Å². The Bertz CT molecular complexity index is 332. The number of carbonyl (C=O) groups excluding carboxylic acids is 1. The summed E-state index contributed by atoms with van der Waals surface area (Å²) >= 11 is 0. The molecule has 1 saturated carbocycles. The third-order valence-corrected chi connectivity index (χ3v) is 2.19. The number of nitrogens with zero attached hydrogens (tertiary/aromatic N) is 2. The fraction of sp³-hybridized carbons (Fsp3) is 0.625. The van der Waals surface area contributed by atoms with Crippen LogP contribution >= 0.6 is 0 Å². The summed E-state index contributed by atoms with van der Waals surface area (Å²) in [6, 6.07) is 0.164. The van der Waals surface area contributed by atoms with Gasteiger partial charge in [-0.1, -0.05) is 5.10 Å². The van der Waals surface area contributed by atoms with E-state index in [2.05, 4.69) is 20.8 Å². The van der Waals surface area contributed by atoms with Crippen molar-refractivity contribution in [2.75, 3.05) is 5.32 Å². The van der Waals surface area contributed by atoms with Crippen molar-refractivity contribution in [1.29, 1.82) is 0 Å². The van der Waals surface area contributed by atoms with Gasteiger partial charge in [0.25, 0.3) is 0 Å². The average molecular weight is 196 g/mol. The Kier molecular flexibility index (Phi) is 2.34. The second kappa shape index (κ2) is 3.65. The lowest BCUT2D eigenvalue weighted by Crippen LogP contribution is -2.41. The molecule has 76 valence electrons. The van der Waals surface area contributed by atoms with Gasteiger partial charge in [-0.05, 0) is 19.3 Å². The second-order valence-corrected chi connectivity index (χ2v) is 3.35. The molecule has 0 atom stereocenters. The number of rotatable bonds is 2. The van der Waals surface area contributed by atoms with Gasteiger partial charge in [0.1, 0.15) is 0 Å². The fourth-order valence-electron chi connectivity index (χ4n) is 1.22. The van der Waals surface area contributed by atoms with Gasteiger partial charge in [-0.3, -0.25) is 5.32 Å². The number of amides is 2. The van der Waals surface area contributed by atoms with Crippen LogP contribution in [0.25, 0.3) is 0 Å². The first-order valence-corrected chi connectivity index (χ1v) is 4.61. The number of nitrogens with one attached hydrogen (secondary N) is 2. The Morgan fingerprint density at radius 3 is 2.79 bits per heavy atom. The SMILES string of the molecule is Cc1nnc(NC(=O)NC2CCC2)o1. The van der Waals surface area contributed by atoms with E-state index in [0.717, 1.165) is 12.8 Å². The zero-order valence-corrected chi connectivity index (χ0v) is 7.91. The van der Waals surface area contributed by atoms with Crippen LogP contribution < -0.4 is 10.6 Å². The van der Waals surface area contributed by atoms with Crippen LogP contribution in [0, 0.1) is 6.92 Å². The molecule has 1 aliphatic carbocycles. The highest BCUT2D eigenvalue weighted by atomic mass is 16.4. The lowest BCUT2D eigenvalue weighted by molar-refractivity contribution is 0.239. The number of urea groups is 1. The number of hydrogen-bond donors (Lipinski definition) is 2. The highest BCUT2D eigenvalue weighted by Gasteiger charge is 2.19. The smallest absolute Gasteiger partial charge is 0.323 e. The summed E-state index contributed by atoms with van der Waals surface area (Å²) in [5, 5.41) is 12.5. The molecule has 2 rings (SSSR count). The standard InChI is InChI=1S/C8H12N4O2/c1-5-11-12-8(14-5)10-7(13)9-6-3-2-4-6/h6H,2-4H2,1H3,(H2,9,10,12,13). The van der Waals surface area contributed by atoms with E-state index in [0.29, 0.717) is 11.9 Å². The number of aromatic nitrogens is 2. The van der Waals surface area contributed by atoms with Crippen LogP contribution in [0.1, 0.15) is 25.2 Å². The van der Waals surface area contributed by atoms with E-state index in [-0.39, 0.29) is 12.0 Å². The molecule has 2 amide bonds. The maximum Gasteiger partial charge on any atom is 0.323 e. The molecule has 6 nitrogen and oxygen atoms in total. The molecular weight excluding hydrogens is 184 g/mol. The Morgan fingerprint density at radius 2 is 2.29 bits per heavy atom. The van der Waals surface area contributed by atoms with Gasteiger partial charge in [-0.25, -0.2) is 4.79 Å². The lowest BCUT2D eigenvalue weighted by atomic mass is 9.93. The Balaban J connectivity index is 1.81. The van der Waals surface area contributed by atoms with Gasteiger partial charge in [0, 0.05) is 13.0 Å². The molecule has 1 aromatic rings. The minimum atomic E-state index is -0.279. The first-order valence-electron chi connectivity index (χ1n) is 4.61. The Labute approximate surface area is 81.1 Å². The molecule has 14 heavy (non-hydrogen) atoms. The number of anilines is 1. The first kappa shape index (κ1) is 8.98. The third kappa shape index (κ3) is 2.01. The molecule has 0 radical (unpaired) electrons. The monoisotopic (exact) mass is 196 g/mol. The second-order valence-electron chi connectivity index (χ2n) is 3.35. The summed E-state index contributed by atoms with van der Waals surface area (Å²) in [5.74, 6) is 0.434. The van der Waals surface area contributed by atoms with E-state index in [1.807, 2.05) is 0 Å². The predicted octanol–water partition coefficient (Wildman–Crippen LogP) is 1.05. The molecule has 1 heterocycles. The molecule has 6 heteroatoms. The zero-order valence-electron chi connectivity index (χ0n) is 7.91. The molecule has 0 aromatic carbocycles. The van der Waals surface area contributed by atoms with Crippen molar-refractivity contribution in [2.24, 2.45) is 0 Å². The number of carbonyl (C=O) groups is 1. The molecule has 0 spiro atoms. The summed E-state index contributed by atoms with van der Waals surface area (Å²) < 4.78 is 4.99. The summed E-state index contributed by atoms with van der Waals surface area (Å²) in [4.78, 5) is 11.3. The average Bonchev–Trinajstić information content (AvgIpc) is 2.44. The summed E-state index contributed by atoms with van der Waals surface area (Å²) in [6.45, 7) is 1.67. The summed E-state index contributed by atoms with van der Waals surface area (Å²) in [6.07, 6.45) is 3.29. The van der Waals surface area contributed by atoms with Gasteiger partial charge in [0.05, 0.1) is 0 Å². The van der Waals surface area contributed by atoms with Crippen molar-refractivity contribution < 1.29 is 9.21 Å². The van der Waals surface area contributed by atoms with Crippen LogP contribution in [0.3, 0.4) is 0 Å².